The summed E-state index contributed by atoms with van der Waals surface area (Å²) in [5.74, 6) is 2.09. The molecule has 148 valence electrons. The van der Waals surface area contributed by atoms with Crippen molar-refractivity contribution in [2.24, 2.45) is 0 Å². The monoisotopic (exact) mass is 380 g/mol. The van der Waals surface area contributed by atoms with Gasteiger partial charge in [0.1, 0.15) is 23.9 Å². The van der Waals surface area contributed by atoms with Crippen LogP contribution in [0.1, 0.15) is 42.3 Å². The number of carbonyl (C=O) groups is 1. The van der Waals surface area contributed by atoms with Gasteiger partial charge in [0.2, 0.25) is 0 Å². The lowest BCUT2D eigenvalue weighted by molar-refractivity contribution is 0.104. The number of hydrogen-bond donors (Lipinski definition) is 0. The summed E-state index contributed by atoms with van der Waals surface area (Å²) in [6.07, 6.45) is 4.99. The second-order valence-electron chi connectivity index (χ2n) is 7.37. The van der Waals surface area contributed by atoms with Crippen molar-refractivity contribution in [1.82, 2.24) is 0 Å². The summed E-state index contributed by atoms with van der Waals surface area (Å²) >= 11 is 0. The van der Waals surface area contributed by atoms with Gasteiger partial charge < -0.3 is 14.2 Å². The second-order valence-corrected chi connectivity index (χ2v) is 7.37. The highest BCUT2D eigenvalue weighted by Crippen LogP contribution is 2.40. The Balaban J connectivity index is 2.25. The van der Waals surface area contributed by atoms with Crippen molar-refractivity contribution in [1.29, 1.82) is 0 Å². The number of ether oxygens (including phenoxy) is 3. The Kier molecular flexibility index (Phi) is 7.05. The molecule has 4 nitrogen and oxygen atoms in total. The van der Waals surface area contributed by atoms with Gasteiger partial charge in [0, 0.05) is 11.1 Å². The average molecular weight is 380 g/mol. The molecule has 0 N–H and O–H groups in total. The molecule has 0 aliphatic heterocycles. The Hall–Kier alpha value is -3.01. The highest BCUT2D eigenvalue weighted by molar-refractivity contribution is 6.06. The van der Waals surface area contributed by atoms with Gasteiger partial charge in [0.05, 0.1) is 14.2 Å². The zero-order valence-electron chi connectivity index (χ0n) is 17.2. The predicted molar refractivity (Wildman–Crippen MR) is 114 cm³/mol. The number of methoxy groups -OCH3 is 2. The zero-order chi connectivity index (χ0) is 20.7. The number of allylic oxidation sites excluding steroid dienone is 1. The molecule has 0 aliphatic rings. The molecule has 0 atom stereocenters. The molecule has 2 aromatic carbocycles. The van der Waals surface area contributed by atoms with Crippen molar-refractivity contribution in [2.45, 2.75) is 26.2 Å². The van der Waals surface area contributed by atoms with Crippen molar-refractivity contribution < 1.29 is 19.0 Å². The molecule has 0 aromatic heterocycles. The maximum Gasteiger partial charge on any atom is 0.185 e. The molecule has 0 saturated carbocycles. The Bertz CT molecular complexity index is 830. The van der Waals surface area contributed by atoms with Crippen LogP contribution in [0.15, 0.2) is 55.1 Å². The molecule has 2 rings (SSSR count). The molecule has 0 unspecified atom stereocenters. The summed E-state index contributed by atoms with van der Waals surface area (Å²) in [6, 6.07) is 10.9. The van der Waals surface area contributed by atoms with Gasteiger partial charge in [-0.2, -0.15) is 0 Å². The number of carbonyl (C=O) groups excluding carboxylic acids is 1. The van der Waals surface area contributed by atoms with Gasteiger partial charge in [-0.1, -0.05) is 39.5 Å². The predicted octanol–water partition coefficient (Wildman–Crippen LogP) is 5.46. The first-order chi connectivity index (χ1) is 13.3. The second kappa shape index (κ2) is 9.27. The molecule has 0 fully saturated rings. The van der Waals surface area contributed by atoms with E-state index in [-0.39, 0.29) is 11.2 Å². The molecule has 0 heterocycles. The normalized spacial score (nSPS) is 11.3. The Morgan fingerprint density at radius 2 is 1.61 bits per heavy atom. The van der Waals surface area contributed by atoms with Gasteiger partial charge in [-0.3, -0.25) is 4.79 Å². The first-order valence-electron chi connectivity index (χ1n) is 9.12. The molecule has 28 heavy (non-hydrogen) atoms. The standard InChI is InChI=1S/C24H28O4/c1-7-14-28-19-11-9-18(10-12-19)20(25)13-8-17-15-21(26-5)23(24(2,3)4)22(16-17)27-6/h7-13,15-16H,1,14H2,2-6H3/b13-8+. The van der Waals surface area contributed by atoms with E-state index in [0.29, 0.717) is 17.9 Å². The van der Waals surface area contributed by atoms with E-state index in [2.05, 4.69) is 27.4 Å². The van der Waals surface area contributed by atoms with E-state index < -0.39 is 0 Å². The molecule has 0 radical (unpaired) electrons. The molecule has 2 aromatic rings. The third-order valence-corrected chi connectivity index (χ3v) is 4.21. The van der Waals surface area contributed by atoms with E-state index >= 15 is 0 Å². The summed E-state index contributed by atoms with van der Waals surface area (Å²) in [4.78, 5) is 12.5. The fraction of sp³-hybridized carbons (Fsp3) is 0.292. The van der Waals surface area contributed by atoms with Crippen LogP contribution in [0.3, 0.4) is 0 Å². The van der Waals surface area contributed by atoms with Crippen LogP contribution < -0.4 is 14.2 Å². The fourth-order valence-corrected chi connectivity index (χ4v) is 2.91. The number of rotatable bonds is 8. The number of benzene rings is 2. The largest absolute Gasteiger partial charge is 0.496 e. The summed E-state index contributed by atoms with van der Waals surface area (Å²) in [6.45, 7) is 10.4. The summed E-state index contributed by atoms with van der Waals surface area (Å²) in [7, 11) is 3.28. The number of hydrogen-bond acceptors (Lipinski definition) is 4. The minimum atomic E-state index is -0.135. The lowest BCUT2D eigenvalue weighted by Crippen LogP contribution is -2.14. The van der Waals surface area contributed by atoms with Crippen molar-refractivity contribution in [3.8, 4) is 17.2 Å². The van der Waals surface area contributed by atoms with Gasteiger partial charge in [0.25, 0.3) is 0 Å². The molecular formula is C24H28O4. The first-order valence-corrected chi connectivity index (χ1v) is 9.12. The first kappa shape index (κ1) is 21.3. The Labute approximate surface area is 167 Å². The van der Waals surface area contributed by atoms with Crippen LogP contribution in [-0.2, 0) is 5.41 Å². The van der Waals surface area contributed by atoms with Crippen LogP contribution in [0.2, 0.25) is 0 Å². The smallest absolute Gasteiger partial charge is 0.185 e. The molecule has 0 spiro atoms. The molecule has 4 heteroatoms. The van der Waals surface area contributed by atoms with E-state index in [9.17, 15) is 4.79 Å². The SMILES string of the molecule is C=CCOc1ccc(C(=O)/C=C/c2cc(OC)c(C(C)(C)C)c(OC)c2)cc1. The maximum absolute atomic E-state index is 12.5. The lowest BCUT2D eigenvalue weighted by Gasteiger charge is -2.25. The zero-order valence-corrected chi connectivity index (χ0v) is 17.2. The molecule has 0 saturated heterocycles. The quantitative estimate of drug-likeness (QED) is 0.346. The van der Waals surface area contributed by atoms with E-state index in [1.807, 2.05) is 12.1 Å². The molecular weight excluding hydrogens is 352 g/mol. The van der Waals surface area contributed by atoms with Crippen molar-refractivity contribution in [3.63, 3.8) is 0 Å². The van der Waals surface area contributed by atoms with E-state index in [0.717, 1.165) is 22.6 Å². The third kappa shape index (κ3) is 5.26. The van der Waals surface area contributed by atoms with Crippen molar-refractivity contribution >= 4 is 11.9 Å². The summed E-state index contributed by atoms with van der Waals surface area (Å²) in [5, 5.41) is 0. The fourth-order valence-electron chi connectivity index (χ4n) is 2.91. The highest BCUT2D eigenvalue weighted by Gasteiger charge is 2.24. The Morgan fingerprint density at radius 3 is 2.07 bits per heavy atom. The van der Waals surface area contributed by atoms with Crippen molar-refractivity contribution in [3.05, 3.63) is 71.8 Å². The number of ketones is 1. The molecule has 0 aliphatic carbocycles. The molecule has 0 amide bonds. The van der Waals surface area contributed by atoms with Crippen LogP contribution in [0, 0.1) is 0 Å². The van der Waals surface area contributed by atoms with Crippen LogP contribution in [-0.4, -0.2) is 26.6 Å². The summed E-state index contributed by atoms with van der Waals surface area (Å²) < 4.78 is 16.6. The maximum atomic E-state index is 12.5. The third-order valence-electron chi connectivity index (χ3n) is 4.21. The van der Waals surface area contributed by atoms with E-state index in [1.165, 1.54) is 0 Å². The minimum absolute atomic E-state index is 0.0897. The van der Waals surface area contributed by atoms with E-state index in [1.54, 1.807) is 56.7 Å². The van der Waals surface area contributed by atoms with Gasteiger partial charge in [-0.15, -0.1) is 0 Å². The lowest BCUT2D eigenvalue weighted by atomic mass is 9.84. The molecule has 0 bridgehead atoms. The van der Waals surface area contributed by atoms with Gasteiger partial charge in [-0.05, 0) is 53.5 Å². The minimum Gasteiger partial charge on any atom is -0.496 e. The Morgan fingerprint density at radius 1 is 1.04 bits per heavy atom. The van der Waals surface area contributed by atoms with Gasteiger partial charge in [-0.25, -0.2) is 0 Å². The van der Waals surface area contributed by atoms with Gasteiger partial charge >= 0.3 is 0 Å². The topological polar surface area (TPSA) is 44.8 Å². The average Bonchev–Trinajstić information content (AvgIpc) is 2.69. The van der Waals surface area contributed by atoms with Crippen molar-refractivity contribution in [2.75, 3.05) is 20.8 Å². The summed E-state index contributed by atoms with van der Waals surface area (Å²) in [5.41, 5.74) is 2.29. The van der Waals surface area contributed by atoms with Gasteiger partial charge in [0.15, 0.2) is 5.78 Å². The van der Waals surface area contributed by atoms with Crippen LogP contribution >= 0.6 is 0 Å². The van der Waals surface area contributed by atoms with Crippen LogP contribution in [0.4, 0.5) is 0 Å². The van der Waals surface area contributed by atoms with Crippen LogP contribution in [0.25, 0.3) is 6.08 Å². The van der Waals surface area contributed by atoms with E-state index in [4.69, 9.17) is 14.2 Å². The highest BCUT2D eigenvalue weighted by atomic mass is 16.5. The van der Waals surface area contributed by atoms with Crippen LogP contribution in [0.5, 0.6) is 17.2 Å².